The average molecular weight is 303 g/mol. The monoisotopic (exact) mass is 303 g/mol. The van der Waals surface area contributed by atoms with Crippen LogP contribution in [-0.2, 0) is 6.54 Å². The first-order valence-electron chi connectivity index (χ1n) is 7.24. The summed E-state index contributed by atoms with van der Waals surface area (Å²) in [6, 6.07) is 1.64. The Morgan fingerprint density at radius 1 is 1.33 bits per heavy atom. The summed E-state index contributed by atoms with van der Waals surface area (Å²) < 4.78 is 38.1. The van der Waals surface area contributed by atoms with Crippen LogP contribution in [0.2, 0.25) is 0 Å². The van der Waals surface area contributed by atoms with E-state index in [-0.39, 0.29) is 6.04 Å². The molecule has 0 amide bonds. The van der Waals surface area contributed by atoms with Crippen LogP contribution in [0.5, 0.6) is 0 Å². The zero-order valence-electron chi connectivity index (χ0n) is 13.1. The Labute approximate surface area is 124 Å². The Bertz CT molecular complexity index is 444. The fraction of sp³-hybridized carbons (Fsp3) is 0.667. The molecule has 0 bridgehead atoms. The van der Waals surface area contributed by atoms with E-state index in [0.29, 0.717) is 12.4 Å². The summed E-state index contributed by atoms with van der Waals surface area (Å²) in [7, 11) is 0. The molecule has 0 unspecified atom stereocenters. The quantitative estimate of drug-likeness (QED) is 0.779. The Morgan fingerprint density at radius 3 is 2.48 bits per heavy atom. The van der Waals surface area contributed by atoms with E-state index in [9.17, 15) is 13.2 Å². The maximum Gasteiger partial charge on any atom is 0.405 e. The van der Waals surface area contributed by atoms with Gasteiger partial charge in [-0.3, -0.25) is 0 Å². The Hall–Kier alpha value is -1.30. The van der Waals surface area contributed by atoms with Crippen molar-refractivity contribution in [1.29, 1.82) is 0 Å². The van der Waals surface area contributed by atoms with Gasteiger partial charge >= 0.3 is 6.18 Å². The van der Waals surface area contributed by atoms with Crippen molar-refractivity contribution >= 4 is 5.82 Å². The van der Waals surface area contributed by atoms with Gasteiger partial charge < -0.3 is 10.2 Å². The molecule has 0 aliphatic rings. The summed E-state index contributed by atoms with van der Waals surface area (Å²) in [5.74, 6) is 0.404. The molecule has 0 aromatic carbocycles. The molecule has 0 radical (unpaired) electrons. The largest absolute Gasteiger partial charge is 0.405 e. The number of pyridine rings is 1. The van der Waals surface area contributed by atoms with E-state index in [1.54, 1.807) is 27.0 Å². The molecule has 6 heteroatoms. The number of aryl methyl sites for hydroxylation is 1. The maximum absolute atomic E-state index is 12.7. The first-order valence-corrected chi connectivity index (χ1v) is 7.24. The van der Waals surface area contributed by atoms with Gasteiger partial charge in [0.05, 0.1) is 0 Å². The fourth-order valence-electron chi connectivity index (χ4n) is 2.13. The third kappa shape index (κ3) is 5.91. The van der Waals surface area contributed by atoms with E-state index in [2.05, 4.69) is 17.2 Å². The predicted octanol–water partition coefficient (Wildman–Crippen LogP) is 3.67. The molecular formula is C15H24F3N3. The van der Waals surface area contributed by atoms with Gasteiger partial charge in [0.15, 0.2) is 0 Å². The van der Waals surface area contributed by atoms with E-state index < -0.39 is 12.7 Å². The van der Waals surface area contributed by atoms with Crippen LogP contribution in [-0.4, -0.2) is 30.3 Å². The number of rotatable bonds is 7. The maximum atomic E-state index is 12.7. The number of hydrogen-bond acceptors (Lipinski definition) is 3. The summed E-state index contributed by atoms with van der Waals surface area (Å²) in [6.07, 6.45) is -1.55. The van der Waals surface area contributed by atoms with Crippen molar-refractivity contribution in [2.75, 3.05) is 18.0 Å². The molecule has 0 aliphatic heterocycles. The van der Waals surface area contributed by atoms with E-state index in [1.807, 2.05) is 6.07 Å². The highest BCUT2D eigenvalue weighted by molar-refractivity contribution is 5.48. The second-order valence-corrected chi connectivity index (χ2v) is 5.50. The third-order valence-corrected chi connectivity index (χ3v) is 3.11. The summed E-state index contributed by atoms with van der Waals surface area (Å²) in [5, 5.41) is 3.25. The lowest BCUT2D eigenvalue weighted by atomic mass is 10.1. The molecule has 1 aromatic rings. The normalized spacial score (nSPS) is 12.0. The first kappa shape index (κ1) is 17.8. The minimum Gasteiger partial charge on any atom is -0.345 e. The van der Waals surface area contributed by atoms with Crippen LogP contribution in [0.3, 0.4) is 0 Å². The lowest BCUT2D eigenvalue weighted by Crippen LogP contribution is -2.40. The van der Waals surface area contributed by atoms with Crippen LogP contribution in [0.15, 0.2) is 12.3 Å². The minimum atomic E-state index is -4.24. The van der Waals surface area contributed by atoms with Crippen molar-refractivity contribution in [3.8, 4) is 0 Å². The molecule has 0 saturated heterocycles. The molecule has 1 rings (SSSR count). The number of anilines is 1. The van der Waals surface area contributed by atoms with Gasteiger partial charge in [0.25, 0.3) is 0 Å². The molecular weight excluding hydrogens is 279 g/mol. The van der Waals surface area contributed by atoms with Gasteiger partial charge in [0.1, 0.15) is 12.4 Å². The van der Waals surface area contributed by atoms with E-state index in [1.165, 1.54) is 4.90 Å². The van der Waals surface area contributed by atoms with Crippen LogP contribution >= 0.6 is 0 Å². The Morgan fingerprint density at radius 2 is 2.00 bits per heavy atom. The molecule has 1 aromatic heterocycles. The number of aromatic nitrogens is 1. The van der Waals surface area contributed by atoms with Crippen molar-refractivity contribution in [1.82, 2.24) is 10.3 Å². The molecule has 0 saturated carbocycles. The molecule has 1 heterocycles. The zero-order valence-corrected chi connectivity index (χ0v) is 13.1. The highest BCUT2D eigenvalue weighted by atomic mass is 19.4. The van der Waals surface area contributed by atoms with E-state index in [4.69, 9.17) is 0 Å². The molecule has 3 nitrogen and oxygen atoms in total. The predicted molar refractivity (Wildman–Crippen MR) is 79.5 cm³/mol. The van der Waals surface area contributed by atoms with E-state index in [0.717, 1.165) is 24.1 Å². The van der Waals surface area contributed by atoms with Crippen LogP contribution < -0.4 is 10.2 Å². The minimum absolute atomic E-state index is 0.262. The molecule has 120 valence electrons. The van der Waals surface area contributed by atoms with Gasteiger partial charge in [-0.15, -0.1) is 0 Å². The second-order valence-electron chi connectivity index (χ2n) is 5.50. The summed E-state index contributed by atoms with van der Waals surface area (Å²) in [5.41, 5.74) is 1.75. The van der Waals surface area contributed by atoms with Gasteiger partial charge in [0.2, 0.25) is 0 Å². The number of alkyl halides is 3. The molecule has 21 heavy (non-hydrogen) atoms. The summed E-state index contributed by atoms with van der Waals surface area (Å²) in [6.45, 7) is 7.98. The van der Waals surface area contributed by atoms with Gasteiger partial charge in [-0.1, -0.05) is 6.92 Å². The van der Waals surface area contributed by atoms with Crippen LogP contribution in [0.25, 0.3) is 0 Å². The lowest BCUT2D eigenvalue weighted by molar-refractivity contribution is -0.120. The Kier molecular flexibility index (Phi) is 6.45. The van der Waals surface area contributed by atoms with Crippen molar-refractivity contribution in [3.63, 3.8) is 0 Å². The van der Waals surface area contributed by atoms with Gasteiger partial charge in [-0.25, -0.2) is 4.98 Å². The zero-order chi connectivity index (χ0) is 16.0. The summed E-state index contributed by atoms with van der Waals surface area (Å²) >= 11 is 0. The van der Waals surface area contributed by atoms with Crippen molar-refractivity contribution in [3.05, 3.63) is 23.4 Å². The number of halogens is 3. The summed E-state index contributed by atoms with van der Waals surface area (Å²) in [4.78, 5) is 5.54. The topological polar surface area (TPSA) is 28.2 Å². The standard InChI is InChI=1S/C15H24F3N3/c1-5-6-19-8-13-7-12(4)14(20-9-13)21(11(2)3)10-15(16,17)18/h7,9,11,19H,5-6,8,10H2,1-4H3. The second kappa shape index (κ2) is 7.64. The van der Waals surface area contributed by atoms with Crippen molar-refractivity contribution < 1.29 is 13.2 Å². The smallest absolute Gasteiger partial charge is 0.345 e. The third-order valence-electron chi connectivity index (χ3n) is 3.11. The lowest BCUT2D eigenvalue weighted by Gasteiger charge is -2.30. The molecule has 0 fully saturated rings. The van der Waals surface area contributed by atoms with Gasteiger partial charge in [-0.05, 0) is 50.9 Å². The molecule has 1 N–H and O–H groups in total. The number of hydrogen-bond donors (Lipinski definition) is 1. The van der Waals surface area contributed by atoms with Gasteiger partial charge in [-0.2, -0.15) is 13.2 Å². The van der Waals surface area contributed by atoms with E-state index >= 15 is 0 Å². The molecule has 0 spiro atoms. The molecule has 0 atom stereocenters. The van der Waals surface area contributed by atoms with Crippen LogP contribution in [0, 0.1) is 6.92 Å². The first-order chi connectivity index (χ1) is 9.74. The highest BCUT2D eigenvalue weighted by Gasteiger charge is 2.33. The Balaban J connectivity index is 2.89. The van der Waals surface area contributed by atoms with Crippen molar-refractivity contribution in [2.24, 2.45) is 0 Å². The highest BCUT2D eigenvalue weighted by Crippen LogP contribution is 2.25. The fourth-order valence-corrected chi connectivity index (χ4v) is 2.13. The van der Waals surface area contributed by atoms with Gasteiger partial charge in [0, 0.05) is 18.8 Å². The molecule has 0 aliphatic carbocycles. The van der Waals surface area contributed by atoms with Crippen LogP contribution in [0.1, 0.15) is 38.3 Å². The number of nitrogens with zero attached hydrogens (tertiary/aromatic N) is 2. The van der Waals surface area contributed by atoms with Crippen molar-refractivity contribution in [2.45, 2.75) is 52.9 Å². The number of nitrogens with one attached hydrogen (secondary N) is 1. The van der Waals surface area contributed by atoms with Crippen LogP contribution in [0.4, 0.5) is 19.0 Å². The average Bonchev–Trinajstić information content (AvgIpc) is 2.36. The SMILES string of the molecule is CCCNCc1cnc(N(CC(F)(F)F)C(C)C)c(C)c1.